The Morgan fingerprint density at radius 2 is 2.06 bits per heavy atom. The summed E-state index contributed by atoms with van der Waals surface area (Å²) in [7, 11) is 0. The van der Waals surface area contributed by atoms with E-state index in [1.165, 1.54) is 12.1 Å². The predicted molar refractivity (Wildman–Crippen MR) is 104 cm³/mol. The van der Waals surface area contributed by atoms with E-state index in [9.17, 15) is 22.4 Å². The van der Waals surface area contributed by atoms with Gasteiger partial charge in [0.15, 0.2) is 12.4 Å². The molecule has 2 atom stereocenters. The van der Waals surface area contributed by atoms with Gasteiger partial charge in [-0.15, -0.1) is 13.2 Å². The third-order valence-corrected chi connectivity index (χ3v) is 5.70. The van der Waals surface area contributed by atoms with Crippen LogP contribution < -0.4 is 10.1 Å². The van der Waals surface area contributed by atoms with E-state index >= 15 is 0 Å². The van der Waals surface area contributed by atoms with Gasteiger partial charge in [-0.1, -0.05) is 16.8 Å². The van der Waals surface area contributed by atoms with Crippen molar-refractivity contribution in [2.75, 3.05) is 13.2 Å². The first-order valence-electron chi connectivity index (χ1n) is 10.2. The molecule has 2 aromatic rings. The molecule has 1 aliphatic heterocycles. The summed E-state index contributed by atoms with van der Waals surface area (Å²) in [5.74, 6) is -0.512. The standard InChI is InChI=1S/C20H20ClF4N3O5/c21-14-3-2-12(7-15(14)22)30-9-17(29)26-11-1-4-16(31-8-11)19-27-18(28-33-19)10-5-13(6-10)32-20(23,24)25/h2-3,7,10-11,13,16H,1,4-6,8-9H2,(H,26,29)/t10-,11-,13+,16+/m1/s1. The summed E-state index contributed by atoms with van der Waals surface area (Å²) < 4.78 is 70.2. The first-order valence-corrected chi connectivity index (χ1v) is 10.6. The van der Waals surface area contributed by atoms with Gasteiger partial charge in [0.2, 0.25) is 0 Å². The maximum absolute atomic E-state index is 13.4. The van der Waals surface area contributed by atoms with Crippen LogP contribution in [-0.2, 0) is 14.3 Å². The van der Waals surface area contributed by atoms with Crippen molar-refractivity contribution in [1.82, 2.24) is 15.5 Å². The van der Waals surface area contributed by atoms with Gasteiger partial charge in [0.05, 0.1) is 23.8 Å². The van der Waals surface area contributed by atoms with Crippen LogP contribution in [0.4, 0.5) is 17.6 Å². The number of nitrogens with zero attached hydrogens (tertiary/aromatic N) is 2. The van der Waals surface area contributed by atoms with E-state index < -0.39 is 30.3 Å². The molecule has 13 heteroatoms. The van der Waals surface area contributed by atoms with Gasteiger partial charge in [-0.3, -0.25) is 9.53 Å². The van der Waals surface area contributed by atoms with Gasteiger partial charge in [-0.05, 0) is 37.8 Å². The highest BCUT2D eigenvalue weighted by molar-refractivity contribution is 6.30. The Morgan fingerprint density at radius 3 is 2.73 bits per heavy atom. The van der Waals surface area contributed by atoms with E-state index in [1.807, 2.05) is 0 Å². The SMILES string of the molecule is O=C(COc1ccc(Cl)c(F)c1)N[C@@H]1CC[C@@H](c2nc([C@H]3C[C@@H](OC(F)(F)F)C3)no2)OC1. The van der Waals surface area contributed by atoms with Crippen molar-refractivity contribution < 1.29 is 41.1 Å². The quantitative estimate of drug-likeness (QED) is 0.581. The molecule has 33 heavy (non-hydrogen) atoms. The summed E-state index contributed by atoms with van der Waals surface area (Å²) in [6, 6.07) is 3.63. The maximum atomic E-state index is 13.4. The molecule has 1 aliphatic carbocycles. The Balaban J connectivity index is 1.18. The molecule has 0 bridgehead atoms. The van der Waals surface area contributed by atoms with E-state index in [4.69, 9.17) is 25.6 Å². The molecule has 2 fully saturated rings. The number of carbonyl (C=O) groups is 1. The van der Waals surface area contributed by atoms with Crippen molar-refractivity contribution in [3.8, 4) is 5.75 Å². The van der Waals surface area contributed by atoms with Crippen LogP contribution in [-0.4, -0.2) is 47.8 Å². The number of amides is 1. The highest BCUT2D eigenvalue weighted by Crippen LogP contribution is 2.40. The third kappa shape index (κ3) is 6.33. The highest BCUT2D eigenvalue weighted by Gasteiger charge is 2.42. The van der Waals surface area contributed by atoms with Gasteiger partial charge >= 0.3 is 6.36 Å². The molecule has 1 aromatic carbocycles. The van der Waals surface area contributed by atoms with Crippen molar-refractivity contribution in [2.45, 2.75) is 56.2 Å². The van der Waals surface area contributed by atoms with Gasteiger partial charge in [-0.2, -0.15) is 4.98 Å². The number of ether oxygens (including phenoxy) is 3. The summed E-state index contributed by atoms with van der Waals surface area (Å²) in [4.78, 5) is 16.3. The van der Waals surface area contributed by atoms with Gasteiger partial charge in [0.1, 0.15) is 17.7 Å². The Hall–Kier alpha value is -2.44. The smallest absolute Gasteiger partial charge is 0.484 e. The van der Waals surface area contributed by atoms with Crippen LogP contribution in [0.5, 0.6) is 5.75 Å². The number of alkyl halides is 3. The van der Waals surface area contributed by atoms with E-state index in [0.717, 1.165) is 6.07 Å². The zero-order valence-electron chi connectivity index (χ0n) is 17.1. The number of benzene rings is 1. The maximum Gasteiger partial charge on any atom is 0.522 e. The molecule has 0 radical (unpaired) electrons. The number of rotatable bonds is 7. The molecule has 1 amide bonds. The number of aromatic nitrogens is 2. The van der Waals surface area contributed by atoms with Gasteiger partial charge in [0, 0.05) is 12.0 Å². The largest absolute Gasteiger partial charge is 0.522 e. The molecule has 0 unspecified atom stereocenters. The summed E-state index contributed by atoms with van der Waals surface area (Å²) in [6.07, 6.45) is -4.59. The molecule has 2 aliphatic rings. The van der Waals surface area contributed by atoms with E-state index in [-0.39, 0.29) is 54.7 Å². The average Bonchev–Trinajstić information content (AvgIpc) is 3.21. The first kappa shape index (κ1) is 23.7. The van der Waals surface area contributed by atoms with Crippen molar-refractivity contribution in [2.24, 2.45) is 0 Å². The van der Waals surface area contributed by atoms with Gasteiger partial charge in [-0.25, -0.2) is 4.39 Å². The van der Waals surface area contributed by atoms with Crippen molar-refractivity contribution in [3.05, 3.63) is 40.8 Å². The third-order valence-electron chi connectivity index (χ3n) is 5.40. The number of nitrogens with one attached hydrogen (secondary N) is 1. The molecule has 180 valence electrons. The Bertz CT molecular complexity index is 975. The van der Waals surface area contributed by atoms with Crippen molar-refractivity contribution >= 4 is 17.5 Å². The molecular formula is C20H20ClF4N3O5. The molecule has 1 aromatic heterocycles. The highest BCUT2D eigenvalue weighted by atomic mass is 35.5. The van der Waals surface area contributed by atoms with Crippen LogP contribution >= 0.6 is 11.6 Å². The van der Waals surface area contributed by atoms with Gasteiger partial charge in [0.25, 0.3) is 11.8 Å². The number of hydrogen-bond donors (Lipinski definition) is 1. The van der Waals surface area contributed by atoms with Gasteiger partial charge < -0.3 is 19.3 Å². The summed E-state index contributed by atoms with van der Waals surface area (Å²) >= 11 is 5.60. The molecule has 8 nitrogen and oxygen atoms in total. The lowest BCUT2D eigenvalue weighted by atomic mass is 9.82. The Morgan fingerprint density at radius 1 is 1.27 bits per heavy atom. The van der Waals surface area contributed by atoms with Crippen LogP contribution in [0.25, 0.3) is 0 Å². The second-order valence-electron chi connectivity index (χ2n) is 7.87. The zero-order chi connectivity index (χ0) is 23.6. The zero-order valence-corrected chi connectivity index (χ0v) is 17.9. The summed E-state index contributed by atoms with van der Waals surface area (Å²) in [5.41, 5.74) is 0. The van der Waals surface area contributed by atoms with E-state index in [1.54, 1.807) is 0 Å². The summed E-state index contributed by atoms with van der Waals surface area (Å²) in [6.45, 7) is -0.0942. The Labute approximate surface area is 190 Å². The second kappa shape index (κ2) is 9.82. The van der Waals surface area contributed by atoms with E-state index in [2.05, 4.69) is 20.2 Å². The van der Waals surface area contributed by atoms with Crippen molar-refractivity contribution in [3.63, 3.8) is 0 Å². The second-order valence-corrected chi connectivity index (χ2v) is 8.28. The normalized spacial score (nSPS) is 25.4. The van der Waals surface area contributed by atoms with E-state index in [0.29, 0.717) is 18.7 Å². The Kier molecular flexibility index (Phi) is 7.05. The number of halogens is 5. The van der Waals surface area contributed by atoms with Crippen LogP contribution in [0.1, 0.15) is 49.4 Å². The minimum Gasteiger partial charge on any atom is -0.484 e. The van der Waals surface area contributed by atoms with Crippen LogP contribution in [0.2, 0.25) is 5.02 Å². The average molecular weight is 494 g/mol. The van der Waals surface area contributed by atoms with Crippen LogP contribution in [0.3, 0.4) is 0 Å². The number of carbonyl (C=O) groups excluding carboxylic acids is 1. The van der Waals surface area contributed by atoms with Crippen molar-refractivity contribution in [1.29, 1.82) is 0 Å². The molecular weight excluding hydrogens is 474 g/mol. The fraction of sp³-hybridized carbons (Fsp3) is 0.550. The minimum absolute atomic E-state index is 0.0403. The lowest BCUT2D eigenvalue weighted by molar-refractivity contribution is -0.352. The number of hydrogen-bond acceptors (Lipinski definition) is 7. The minimum atomic E-state index is -4.65. The monoisotopic (exact) mass is 493 g/mol. The topological polar surface area (TPSA) is 95.7 Å². The van der Waals surface area contributed by atoms with Crippen LogP contribution in [0, 0.1) is 5.82 Å². The lowest BCUT2D eigenvalue weighted by Gasteiger charge is -2.33. The lowest BCUT2D eigenvalue weighted by Crippen LogP contribution is -2.43. The predicted octanol–water partition coefficient (Wildman–Crippen LogP) is 4.06. The molecule has 1 N–H and O–H groups in total. The molecule has 2 heterocycles. The molecule has 4 rings (SSSR count). The molecule has 1 saturated heterocycles. The fourth-order valence-electron chi connectivity index (χ4n) is 3.65. The summed E-state index contributed by atoms with van der Waals surface area (Å²) in [5, 5.41) is 6.58. The molecule has 0 spiro atoms. The van der Waals surface area contributed by atoms with Crippen LogP contribution in [0.15, 0.2) is 22.7 Å². The fourth-order valence-corrected chi connectivity index (χ4v) is 3.77. The molecule has 1 saturated carbocycles. The first-order chi connectivity index (χ1) is 15.7.